The van der Waals surface area contributed by atoms with Gasteiger partial charge >= 0.3 is 0 Å². The van der Waals surface area contributed by atoms with E-state index in [9.17, 15) is 4.79 Å². The molecule has 15 heavy (non-hydrogen) atoms. The maximum atomic E-state index is 11.2. The van der Waals surface area contributed by atoms with Crippen molar-refractivity contribution < 1.29 is 4.79 Å². The Kier molecular flexibility index (Phi) is 5.90. The highest BCUT2D eigenvalue weighted by Gasteiger charge is 2.01. The van der Waals surface area contributed by atoms with E-state index in [1.807, 2.05) is 13.1 Å². The average Bonchev–Trinajstić information content (AvgIpc) is 2.61. The zero-order valence-electron chi connectivity index (χ0n) is 8.68. The van der Waals surface area contributed by atoms with Crippen LogP contribution in [-0.2, 0) is 11.2 Å². The Balaban J connectivity index is 2.13. The van der Waals surface area contributed by atoms with Gasteiger partial charge in [-0.3, -0.25) is 4.79 Å². The van der Waals surface area contributed by atoms with E-state index < -0.39 is 0 Å². The summed E-state index contributed by atoms with van der Waals surface area (Å²) in [4.78, 5) is 12.5. The second kappa shape index (κ2) is 6.98. The zero-order valence-corrected chi connectivity index (χ0v) is 11.1. The highest BCUT2D eigenvalue weighted by Crippen LogP contribution is 2.21. The van der Waals surface area contributed by atoms with Gasteiger partial charge < -0.3 is 10.6 Å². The van der Waals surface area contributed by atoms with E-state index >= 15 is 0 Å². The molecule has 5 heteroatoms. The van der Waals surface area contributed by atoms with Gasteiger partial charge in [0.1, 0.15) is 0 Å². The molecular formula is C10H15BrN2OS. The molecule has 0 aliphatic carbocycles. The van der Waals surface area contributed by atoms with E-state index in [4.69, 9.17) is 0 Å². The highest BCUT2D eigenvalue weighted by atomic mass is 79.9. The van der Waals surface area contributed by atoms with Crippen LogP contribution in [0.4, 0.5) is 0 Å². The topological polar surface area (TPSA) is 41.1 Å². The van der Waals surface area contributed by atoms with Crippen LogP contribution >= 0.6 is 27.3 Å². The van der Waals surface area contributed by atoms with Crippen molar-refractivity contribution in [2.75, 3.05) is 20.1 Å². The van der Waals surface area contributed by atoms with E-state index in [0.717, 1.165) is 23.3 Å². The van der Waals surface area contributed by atoms with Crippen LogP contribution in [0.25, 0.3) is 0 Å². The van der Waals surface area contributed by atoms with Gasteiger partial charge in [0.15, 0.2) is 0 Å². The quantitative estimate of drug-likeness (QED) is 0.839. The van der Waals surface area contributed by atoms with E-state index in [2.05, 4.69) is 32.6 Å². The Labute approximate surface area is 102 Å². The van der Waals surface area contributed by atoms with Crippen molar-refractivity contribution in [3.05, 3.63) is 20.8 Å². The van der Waals surface area contributed by atoms with Gasteiger partial charge in [0.25, 0.3) is 0 Å². The fourth-order valence-electron chi connectivity index (χ4n) is 1.14. The van der Waals surface area contributed by atoms with Crippen molar-refractivity contribution in [3.63, 3.8) is 0 Å². The van der Waals surface area contributed by atoms with Gasteiger partial charge in [-0.15, -0.1) is 11.3 Å². The molecule has 0 radical (unpaired) electrons. The average molecular weight is 291 g/mol. The Morgan fingerprint density at radius 1 is 1.47 bits per heavy atom. The van der Waals surface area contributed by atoms with Gasteiger partial charge in [-0.1, -0.05) is 0 Å². The van der Waals surface area contributed by atoms with E-state index in [-0.39, 0.29) is 5.91 Å². The predicted molar refractivity (Wildman–Crippen MR) is 67.3 cm³/mol. The minimum atomic E-state index is 0.111. The standard InChI is InChI=1S/C10H15BrN2OS/c1-12-6-5-10(14)13-7-4-8-2-3-9(11)15-8/h2-3,12H,4-7H2,1H3,(H,13,14). The Bertz CT molecular complexity index is 314. The summed E-state index contributed by atoms with van der Waals surface area (Å²) in [7, 11) is 1.84. The minimum Gasteiger partial charge on any atom is -0.356 e. The number of halogens is 1. The third-order valence-electron chi connectivity index (χ3n) is 1.92. The van der Waals surface area contributed by atoms with Gasteiger partial charge in [-0.2, -0.15) is 0 Å². The van der Waals surface area contributed by atoms with Crippen LogP contribution in [0.2, 0.25) is 0 Å². The first-order valence-electron chi connectivity index (χ1n) is 4.88. The SMILES string of the molecule is CNCCC(=O)NCCc1ccc(Br)s1. The van der Waals surface area contributed by atoms with Crippen molar-refractivity contribution in [1.29, 1.82) is 0 Å². The Morgan fingerprint density at radius 2 is 2.27 bits per heavy atom. The highest BCUT2D eigenvalue weighted by molar-refractivity contribution is 9.11. The molecule has 0 saturated heterocycles. The summed E-state index contributed by atoms with van der Waals surface area (Å²) in [5.74, 6) is 0.111. The molecule has 0 aliphatic heterocycles. The van der Waals surface area contributed by atoms with Gasteiger partial charge in [0, 0.05) is 24.4 Å². The zero-order chi connectivity index (χ0) is 11.1. The van der Waals surface area contributed by atoms with Gasteiger partial charge in [0.2, 0.25) is 5.91 Å². The van der Waals surface area contributed by atoms with Crippen LogP contribution in [0.1, 0.15) is 11.3 Å². The van der Waals surface area contributed by atoms with Crippen molar-refractivity contribution in [1.82, 2.24) is 10.6 Å². The summed E-state index contributed by atoms with van der Waals surface area (Å²) < 4.78 is 1.14. The van der Waals surface area contributed by atoms with E-state index in [0.29, 0.717) is 6.42 Å². The van der Waals surface area contributed by atoms with Crippen LogP contribution in [0, 0.1) is 0 Å². The monoisotopic (exact) mass is 290 g/mol. The predicted octanol–water partition coefficient (Wildman–Crippen LogP) is 1.78. The van der Waals surface area contributed by atoms with Gasteiger partial charge in [0.05, 0.1) is 3.79 Å². The summed E-state index contributed by atoms with van der Waals surface area (Å²) >= 11 is 5.12. The van der Waals surface area contributed by atoms with Crippen LogP contribution in [0.5, 0.6) is 0 Å². The molecule has 1 heterocycles. The summed E-state index contributed by atoms with van der Waals surface area (Å²) in [5, 5.41) is 5.83. The molecule has 1 aromatic heterocycles. The summed E-state index contributed by atoms with van der Waals surface area (Å²) in [5.41, 5.74) is 0. The molecule has 84 valence electrons. The number of nitrogens with one attached hydrogen (secondary N) is 2. The van der Waals surface area contributed by atoms with Crippen molar-refractivity contribution in [3.8, 4) is 0 Å². The molecule has 0 saturated carbocycles. The fraction of sp³-hybridized carbons (Fsp3) is 0.500. The first-order chi connectivity index (χ1) is 7.22. The summed E-state index contributed by atoms with van der Waals surface area (Å²) in [6.07, 6.45) is 1.45. The maximum Gasteiger partial charge on any atom is 0.221 e. The molecule has 1 amide bonds. The van der Waals surface area contributed by atoms with Gasteiger partial charge in [-0.25, -0.2) is 0 Å². The van der Waals surface area contributed by atoms with E-state index in [1.54, 1.807) is 11.3 Å². The molecule has 1 aromatic rings. The number of carbonyl (C=O) groups excluding carboxylic acids is 1. The second-order valence-electron chi connectivity index (χ2n) is 3.16. The van der Waals surface area contributed by atoms with Crippen LogP contribution < -0.4 is 10.6 Å². The molecule has 0 atom stereocenters. The molecule has 3 nitrogen and oxygen atoms in total. The smallest absolute Gasteiger partial charge is 0.221 e. The van der Waals surface area contributed by atoms with Crippen LogP contribution in [0.15, 0.2) is 15.9 Å². The third kappa shape index (κ3) is 5.30. The number of thiophene rings is 1. The lowest BCUT2D eigenvalue weighted by Crippen LogP contribution is -2.28. The molecule has 2 N–H and O–H groups in total. The number of rotatable bonds is 6. The van der Waals surface area contributed by atoms with Crippen LogP contribution in [0.3, 0.4) is 0 Å². The first-order valence-corrected chi connectivity index (χ1v) is 6.49. The lowest BCUT2D eigenvalue weighted by molar-refractivity contribution is -0.120. The van der Waals surface area contributed by atoms with Crippen molar-refractivity contribution >= 4 is 33.2 Å². The number of hydrogen-bond donors (Lipinski definition) is 2. The Morgan fingerprint density at radius 3 is 2.87 bits per heavy atom. The maximum absolute atomic E-state index is 11.2. The lowest BCUT2D eigenvalue weighted by atomic mass is 10.3. The Hall–Kier alpha value is -0.390. The fourth-order valence-corrected chi connectivity index (χ4v) is 2.62. The molecule has 0 unspecified atom stereocenters. The molecule has 0 fully saturated rings. The molecule has 0 aromatic carbocycles. The minimum absolute atomic E-state index is 0.111. The molecule has 0 aliphatic rings. The summed E-state index contributed by atoms with van der Waals surface area (Å²) in [6.45, 7) is 1.45. The van der Waals surface area contributed by atoms with Crippen molar-refractivity contribution in [2.24, 2.45) is 0 Å². The number of amides is 1. The largest absolute Gasteiger partial charge is 0.356 e. The molecule has 0 spiro atoms. The normalized spacial score (nSPS) is 10.3. The second-order valence-corrected chi connectivity index (χ2v) is 5.71. The lowest BCUT2D eigenvalue weighted by Gasteiger charge is -2.03. The van der Waals surface area contributed by atoms with Crippen molar-refractivity contribution in [2.45, 2.75) is 12.8 Å². The third-order valence-corrected chi connectivity index (χ3v) is 3.61. The molecular weight excluding hydrogens is 276 g/mol. The van der Waals surface area contributed by atoms with Crippen LogP contribution in [-0.4, -0.2) is 26.0 Å². The number of hydrogen-bond acceptors (Lipinski definition) is 3. The van der Waals surface area contributed by atoms with Gasteiger partial charge in [-0.05, 0) is 41.5 Å². The first kappa shape index (κ1) is 12.7. The molecule has 0 bridgehead atoms. The molecule has 1 rings (SSSR count). The van der Waals surface area contributed by atoms with E-state index in [1.165, 1.54) is 4.88 Å². The summed E-state index contributed by atoms with van der Waals surface area (Å²) in [6, 6.07) is 4.11. The number of carbonyl (C=O) groups is 1.